The average molecular weight is 452 g/mol. The highest BCUT2D eigenvalue weighted by atomic mass is 32.2. The monoisotopic (exact) mass is 451 g/mol. The van der Waals surface area contributed by atoms with Crippen LogP contribution in [0.25, 0.3) is 21.9 Å². The van der Waals surface area contributed by atoms with Gasteiger partial charge in [-0.1, -0.05) is 18.2 Å². The van der Waals surface area contributed by atoms with E-state index >= 15 is 0 Å². The normalized spacial score (nSPS) is 12.6. The third-order valence-electron chi connectivity index (χ3n) is 4.86. The van der Waals surface area contributed by atoms with Crippen molar-refractivity contribution < 1.29 is 22.4 Å². The Kier molecular flexibility index (Phi) is 5.68. The smallest absolute Gasteiger partial charge is 0.242 e. The van der Waals surface area contributed by atoms with E-state index in [9.17, 15) is 18.0 Å². The molecule has 164 valence electrons. The van der Waals surface area contributed by atoms with Gasteiger partial charge in [0.1, 0.15) is 11.2 Å². The van der Waals surface area contributed by atoms with Crippen LogP contribution in [0.4, 0.5) is 11.4 Å². The number of carbonyl (C=O) groups excluding carboxylic acids is 2. The zero-order chi connectivity index (χ0) is 22.9. The highest BCUT2D eigenvalue weighted by Gasteiger charge is 2.22. The largest absolute Gasteiger partial charge is 0.456 e. The maximum Gasteiger partial charge on any atom is 0.242 e. The van der Waals surface area contributed by atoms with Crippen LogP contribution in [0, 0.1) is 0 Å². The molecule has 4 aromatic rings. The van der Waals surface area contributed by atoms with Crippen LogP contribution in [-0.4, -0.2) is 26.3 Å². The van der Waals surface area contributed by atoms with Gasteiger partial charge in [0.25, 0.3) is 0 Å². The van der Waals surface area contributed by atoms with Gasteiger partial charge in [-0.15, -0.1) is 0 Å². The van der Waals surface area contributed by atoms with Crippen LogP contribution in [0.1, 0.15) is 13.8 Å². The highest BCUT2D eigenvalue weighted by molar-refractivity contribution is 7.89. The zero-order valence-electron chi connectivity index (χ0n) is 17.4. The van der Waals surface area contributed by atoms with Gasteiger partial charge < -0.3 is 15.1 Å². The van der Waals surface area contributed by atoms with E-state index in [1.54, 1.807) is 12.1 Å². The minimum absolute atomic E-state index is 0.0186. The Morgan fingerprint density at radius 3 is 2.22 bits per heavy atom. The van der Waals surface area contributed by atoms with Gasteiger partial charge in [-0.25, -0.2) is 8.42 Å². The fraction of sp³-hybridized carbons (Fsp3) is 0.130. The molecule has 2 amide bonds. The fourth-order valence-electron chi connectivity index (χ4n) is 3.33. The molecule has 4 rings (SSSR count). The number of sulfonamides is 1. The van der Waals surface area contributed by atoms with Crippen molar-refractivity contribution >= 4 is 55.2 Å². The summed E-state index contributed by atoms with van der Waals surface area (Å²) < 4.78 is 33.4. The molecule has 0 spiro atoms. The Labute approximate surface area is 184 Å². The summed E-state index contributed by atoms with van der Waals surface area (Å²) in [5, 5.41) is 7.18. The summed E-state index contributed by atoms with van der Waals surface area (Å²) in [5.41, 5.74) is 2.34. The number of benzene rings is 3. The number of nitrogens with one attached hydrogen (secondary N) is 3. The number of rotatable bonds is 6. The second kappa shape index (κ2) is 8.45. The van der Waals surface area contributed by atoms with Crippen LogP contribution in [0.2, 0.25) is 0 Å². The zero-order valence-corrected chi connectivity index (χ0v) is 18.2. The first kappa shape index (κ1) is 21.5. The number of para-hydroxylation sites is 1. The van der Waals surface area contributed by atoms with E-state index < -0.39 is 22.0 Å². The van der Waals surface area contributed by atoms with E-state index in [1.807, 2.05) is 30.3 Å². The maximum absolute atomic E-state index is 12.6. The van der Waals surface area contributed by atoms with Crippen molar-refractivity contribution in [1.82, 2.24) is 4.72 Å². The lowest BCUT2D eigenvalue weighted by Crippen LogP contribution is -2.41. The van der Waals surface area contributed by atoms with Gasteiger partial charge in [-0.2, -0.15) is 4.72 Å². The van der Waals surface area contributed by atoms with Crippen LogP contribution >= 0.6 is 0 Å². The van der Waals surface area contributed by atoms with Crippen molar-refractivity contribution in [3.8, 4) is 0 Å². The average Bonchev–Trinajstić information content (AvgIpc) is 3.11. The van der Waals surface area contributed by atoms with Crippen molar-refractivity contribution in [3.63, 3.8) is 0 Å². The first-order chi connectivity index (χ1) is 15.2. The molecule has 0 aliphatic carbocycles. The summed E-state index contributed by atoms with van der Waals surface area (Å²) in [7, 11) is -3.94. The topological polar surface area (TPSA) is 118 Å². The number of carbonyl (C=O) groups is 2. The SMILES string of the molecule is CC(=O)Nc1ccc(S(=O)(=O)N[C@@H](C)C(=O)Nc2ccc3c(c2)oc2ccccc23)cc1. The Bertz CT molecular complexity index is 1430. The molecular weight excluding hydrogens is 430 g/mol. The lowest BCUT2D eigenvalue weighted by Gasteiger charge is -2.15. The van der Waals surface area contributed by atoms with Crippen molar-refractivity contribution in [2.24, 2.45) is 0 Å². The molecule has 1 heterocycles. The van der Waals surface area contributed by atoms with Crippen LogP contribution in [0.3, 0.4) is 0 Å². The Morgan fingerprint density at radius 2 is 1.50 bits per heavy atom. The molecule has 0 radical (unpaired) electrons. The molecule has 0 saturated heterocycles. The molecule has 0 aliphatic rings. The van der Waals surface area contributed by atoms with Crippen LogP contribution in [0.15, 0.2) is 76.0 Å². The summed E-state index contributed by atoms with van der Waals surface area (Å²) in [4.78, 5) is 23.7. The number of hydrogen-bond donors (Lipinski definition) is 3. The van der Waals surface area contributed by atoms with Gasteiger partial charge in [0, 0.05) is 35.1 Å². The van der Waals surface area contributed by atoms with E-state index in [2.05, 4.69) is 15.4 Å². The van der Waals surface area contributed by atoms with Crippen molar-refractivity contribution in [2.45, 2.75) is 24.8 Å². The lowest BCUT2D eigenvalue weighted by molar-refractivity contribution is -0.117. The molecular formula is C23H21N3O5S. The molecule has 0 unspecified atom stereocenters. The summed E-state index contributed by atoms with van der Waals surface area (Å²) in [6.45, 7) is 2.82. The standard InChI is InChI=1S/C23H21N3O5S/c1-14(26-32(29,30)18-10-7-16(8-11-18)24-15(2)27)23(28)25-17-9-12-20-19-5-3-4-6-21(19)31-22(20)13-17/h3-14,26H,1-2H3,(H,24,27)(H,25,28)/t14-/m0/s1. The molecule has 32 heavy (non-hydrogen) atoms. The predicted molar refractivity (Wildman–Crippen MR) is 123 cm³/mol. The first-order valence-electron chi connectivity index (χ1n) is 9.85. The van der Waals surface area contributed by atoms with Crippen molar-refractivity contribution in [1.29, 1.82) is 0 Å². The quantitative estimate of drug-likeness (QED) is 0.412. The van der Waals surface area contributed by atoms with Crippen molar-refractivity contribution in [3.05, 3.63) is 66.7 Å². The Morgan fingerprint density at radius 1 is 0.844 bits per heavy atom. The van der Waals surface area contributed by atoms with Crippen LogP contribution in [0.5, 0.6) is 0 Å². The number of fused-ring (bicyclic) bond motifs is 3. The van der Waals surface area contributed by atoms with Gasteiger partial charge in [0.15, 0.2) is 0 Å². The second-order valence-electron chi connectivity index (χ2n) is 7.35. The molecule has 8 nitrogen and oxygen atoms in total. The lowest BCUT2D eigenvalue weighted by atomic mass is 10.1. The third-order valence-corrected chi connectivity index (χ3v) is 6.41. The van der Waals surface area contributed by atoms with Gasteiger partial charge in [0.05, 0.1) is 10.9 Å². The minimum atomic E-state index is -3.94. The van der Waals surface area contributed by atoms with E-state index in [4.69, 9.17) is 4.42 Å². The number of amides is 2. The second-order valence-corrected chi connectivity index (χ2v) is 9.06. The maximum atomic E-state index is 12.6. The summed E-state index contributed by atoms with van der Waals surface area (Å²) in [5.74, 6) is -0.774. The van der Waals surface area contributed by atoms with Crippen LogP contribution < -0.4 is 15.4 Å². The highest BCUT2D eigenvalue weighted by Crippen LogP contribution is 2.30. The first-order valence-corrected chi connectivity index (χ1v) is 11.3. The Hall–Kier alpha value is -3.69. The molecule has 0 saturated carbocycles. The van der Waals surface area contributed by atoms with Gasteiger partial charge in [-0.05, 0) is 49.4 Å². The van der Waals surface area contributed by atoms with E-state index in [0.29, 0.717) is 17.0 Å². The Balaban J connectivity index is 1.46. The molecule has 1 atom stereocenters. The van der Waals surface area contributed by atoms with E-state index in [-0.39, 0.29) is 10.8 Å². The molecule has 9 heteroatoms. The number of hydrogen-bond acceptors (Lipinski definition) is 5. The summed E-state index contributed by atoms with van der Waals surface area (Å²) in [6.07, 6.45) is 0. The van der Waals surface area contributed by atoms with Crippen LogP contribution in [-0.2, 0) is 19.6 Å². The fourth-order valence-corrected chi connectivity index (χ4v) is 4.53. The van der Waals surface area contributed by atoms with E-state index in [0.717, 1.165) is 16.4 Å². The molecule has 0 fully saturated rings. The summed E-state index contributed by atoms with van der Waals surface area (Å²) in [6, 6.07) is 17.6. The third kappa shape index (κ3) is 4.48. The molecule has 1 aromatic heterocycles. The minimum Gasteiger partial charge on any atom is -0.456 e. The van der Waals surface area contributed by atoms with E-state index in [1.165, 1.54) is 38.1 Å². The van der Waals surface area contributed by atoms with Gasteiger partial charge in [0.2, 0.25) is 21.8 Å². The molecule has 3 aromatic carbocycles. The number of anilines is 2. The molecule has 0 aliphatic heterocycles. The molecule has 0 bridgehead atoms. The number of furan rings is 1. The van der Waals surface area contributed by atoms with Crippen molar-refractivity contribution in [2.75, 3.05) is 10.6 Å². The van der Waals surface area contributed by atoms with Gasteiger partial charge in [-0.3, -0.25) is 9.59 Å². The predicted octanol–water partition coefficient (Wildman–Crippen LogP) is 3.85. The summed E-state index contributed by atoms with van der Waals surface area (Å²) >= 11 is 0. The molecule has 3 N–H and O–H groups in total. The van der Waals surface area contributed by atoms with Gasteiger partial charge >= 0.3 is 0 Å².